The van der Waals surface area contributed by atoms with E-state index in [4.69, 9.17) is 11.6 Å². The lowest BCUT2D eigenvalue weighted by molar-refractivity contribution is -0.127. The van der Waals surface area contributed by atoms with Gasteiger partial charge in [-0.1, -0.05) is 30.2 Å². The van der Waals surface area contributed by atoms with Crippen molar-refractivity contribution in [2.24, 2.45) is 5.92 Å². The minimum Gasteiger partial charge on any atom is -0.355 e. The summed E-state index contributed by atoms with van der Waals surface area (Å²) in [6.45, 7) is 0.866. The predicted octanol–water partition coefficient (Wildman–Crippen LogP) is 2.02. The van der Waals surface area contributed by atoms with E-state index < -0.39 is 10.0 Å². The molecule has 122 valence electrons. The zero-order chi connectivity index (χ0) is 16.2. The van der Waals surface area contributed by atoms with Gasteiger partial charge in [0.05, 0.1) is 6.26 Å². The second-order valence-electron chi connectivity index (χ2n) is 5.64. The Morgan fingerprint density at radius 1 is 1.32 bits per heavy atom. The Labute approximate surface area is 136 Å². The monoisotopic (exact) mass is 344 g/mol. The maximum absolute atomic E-state index is 11.9. The lowest BCUT2D eigenvalue weighted by Crippen LogP contribution is -2.40. The molecule has 0 radical (unpaired) electrons. The molecular formula is C15H21ClN2O3S. The van der Waals surface area contributed by atoms with E-state index in [0.717, 1.165) is 24.8 Å². The van der Waals surface area contributed by atoms with Crippen molar-refractivity contribution in [3.8, 4) is 0 Å². The molecule has 1 aliphatic rings. The lowest BCUT2D eigenvalue weighted by atomic mass is 9.85. The van der Waals surface area contributed by atoms with Crippen molar-refractivity contribution in [1.29, 1.82) is 0 Å². The second kappa shape index (κ2) is 7.44. The average molecular weight is 345 g/mol. The normalized spacial score (nSPS) is 15.6. The molecule has 1 saturated carbocycles. The lowest BCUT2D eigenvalue weighted by Gasteiger charge is -2.25. The maximum atomic E-state index is 11.9. The van der Waals surface area contributed by atoms with Crippen molar-refractivity contribution in [1.82, 2.24) is 9.62 Å². The van der Waals surface area contributed by atoms with Crippen LogP contribution in [0.15, 0.2) is 24.3 Å². The molecule has 1 fully saturated rings. The molecule has 1 aliphatic carbocycles. The molecule has 0 aliphatic heterocycles. The van der Waals surface area contributed by atoms with Crippen molar-refractivity contribution >= 4 is 27.5 Å². The van der Waals surface area contributed by atoms with Crippen LogP contribution in [-0.4, -0.2) is 38.0 Å². The summed E-state index contributed by atoms with van der Waals surface area (Å²) in [6.07, 6.45) is 4.15. The second-order valence-corrected chi connectivity index (χ2v) is 8.06. The standard InChI is InChI=1S/C15H21ClN2O3S/c1-22(20,21)18(11-12-5-7-14(16)8-6-12)10-9-17-15(19)13-3-2-4-13/h5-8,13H,2-4,9-11H2,1H3,(H,17,19). The summed E-state index contributed by atoms with van der Waals surface area (Å²) < 4.78 is 25.1. The van der Waals surface area contributed by atoms with Gasteiger partial charge in [0.2, 0.25) is 15.9 Å². The molecule has 1 N–H and O–H groups in total. The Kier molecular flexibility index (Phi) is 5.83. The Bertz CT molecular complexity index is 612. The Balaban J connectivity index is 1.89. The fraction of sp³-hybridized carbons (Fsp3) is 0.533. The predicted molar refractivity (Wildman–Crippen MR) is 87.1 cm³/mol. The van der Waals surface area contributed by atoms with Gasteiger partial charge in [-0.2, -0.15) is 4.31 Å². The van der Waals surface area contributed by atoms with Crippen LogP contribution in [0, 0.1) is 5.92 Å². The fourth-order valence-corrected chi connectivity index (χ4v) is 3.21. The Morgan fingerprint density at radius 2 is 1.95 bits per heavy atom. The van der Waals surface area contributed by atoms with E-state index in [1.54, 1.807) is 24.3 Å². The van der Waals surface area contributed by atoms with Crippen molar-refractivity contribution in [3.63, 3.8) is 0 Å². The summed E-state index contributed by atoms with van der Waals surface area (Å²) in [5.74, 6) is 0.147. The van der Waals surface area contributed by atoms with Crippen LogP contribution in [0.3, 0.4) is 0 Å². The summed E-state index contributed by atoms with van der Waals surface area (Å²) in [7, 11) is -3.33. The van der Waals surface area contributed by atoms with Crippen molar-refractivity contribution in [2.45, 2.75) is 25.8 Å². The van der Waals surface area contributed by atoms with Gasteiger partial charge in [0.25, 0.3) is 0 Å². The van der Waals surface area contributed by atoms with E-state index in [1.807, 2.05) is 0 Å². The van der Waals surface area contributed by atoms with E-state index in [-0.39, 0.29) is 24.9 Å². The number of rotatable bonds is 7. The van der Waals surface area contributed by atoms with E-state index in [9.17, 15) is 13.2 Å². The average Bonchev–Trinajstić information content (AvgIpc) is 2.36. The van der Waals surface area contributed by atoms with Crippen LogP contribution in [0.1, 0.15) is 24.8 Å². The summed E-state index contributed by atoms with van der Waals surface area (Å²) in [4.78, 5) is 11.8. The number of nitrogens with one attached hydrogen (secondary N) is 1. The van der Waals surface area contributed by atoms with Crippen molar-refractivity contribution in [3.05, 3.63) is 34.9 Å². The van der Waals surface area contributed by atoms with Crippen LogP contribution in [0.2, 0.25) is 5.02 Å². The molecule has 22 heavy (non-hydrogen) atoms. The topological polar surface area (TPSA) is 66.5 Å². The molecular weight excluding hydrogens is 324 g/mol. The van der Waals surface area contributed by atoms with Gasteiger partial charge < -0.3 is 5.32 Å². The number of amides is 1. The van der Waals surface area contributed by atoms with E-state index in [0.29, 0.717) is 11.6 Å². The van der Waals surface area contributed by atoms with Crippen LogP contribution >= 0.6 is 11.6 Å². The number of halogens is 1. The SMILES string of the molecule is CS(=O)(=O)N(CCNC(=O)C1CCC1)Cc1ccc(Cl)cc1. The third-order valence-electron chi connectivity index (χ3n) is 3.88. The number of hydrogen-bond acceptors (Lipinski definition) is 3. The van der Waals surface area contributed by atoms with Crippen LogP contribution in [0.25, 0.3) is 0 Å². The third-order valence-corrected chi connectivity index (χ3v) is 5.38. The van der Waals surface area contributed by atoms with Gasteiger partial charge in [0, 0.05) is 30.6 Å². The summed E-state index contributed by atoms with van der Waals surface area (Å²) >= 11 is 5.83. The van der Waals surface area contributed by atoms with Crippen LogP contribution < -0.4 is 5.32 Å². The van der Waals surface area contributed by atoms with Crippen LogP contribution in [-0.2, 0) is 21.4 Å². The minimum absolute atomic E-state index is 0.0335. The zero-order valence-electron chi connectivity index (χ0n) is 12.6. The summed E-state index contributed by atoms with van der Waals surface area (Å²) in [5, 5.41) is 3.43. The van der Waals surface area contributed by atoms with E-state index >= 15 is 0 Å². The van der Waals surface area contributed by atoms with E-state index in [2.05, 4.69) is 5.32 Å². The number of nitrogens with zero attached hydrogens (tertiary/aromatic N) is 1. The highest BCUT2D eigenvalue weighted by atomic mass is 35.5. The smallest absolute Gasteiger partial charge is 0.223 e. The molecule has 0 spiro atoms. The Morgan fingerprint density at radius 3 is 2.45 bits per heavy atom. The first-order chi connectivity index (χ1) is 10.4. The third kappa shape index (κ3) is 4.97. The molecule has 1 amide bonds. The Hall–Kier alpha value is -1.11. The van der Waals surface area contributed by atoms with Gasteiger partial charge in [-0.3, -0.25) is 4.79 Å². The minimum atomic E-state index is -3.33. The number of sulfonamides is 1. The molecule has 1 aromatic rings. The molecule has 0 atom stereocenters. The molecule has 0 saturated heterocycles. The summed E-state index contributed by atoms with van der Waals surface area (Å²) in [5.41, 5.74) is 0.861. The zero-order valence-corrected chi connectivity index (χ0v) is 14.2. The molecule has 7 heteroatoms. The van der Waals surface area contributed by atoms with Crippen LogP contribution in [0.5, 0.6) is 0 Å². The van der Waals surface area contributed by atoms with Gasteiger partial charge in [-0.25, -0.2) is 8.42 Å². The highest BCUT2D eigenvalue weighted by Gasteiger charge is 2.25. The van der Waals surface area contributed by atoms with Crippen LogP contribution in [0.4, 0.5) is 0 Å². The quantitative estimate of drug-likeness (QED) is 0.822. The van der Waals surface area contributed by atoms with Gasteiger partial charge >= 0.3 is 0 Å². The highest BCUT2D eigenvalue weighted by Crippen LogP contribution is 2.26. The largest absolute Gasteiger partial charge is 0.355 e. The highest BCUT2D eigenvalue weighted by molar-refractivity contribution is 7.88. The van der Waals surface area contributed by atoms with Gasteiger partial charge in [0.1, 0.15) is 0 Å². The first-order valence-electron chi connectivity index (χ1n) is 7.33. The maximum Gasteiger partial charge on any atom is 0.223 e. The molecule has 1 aromatic carbocycles. The molecule has 0 unspecified atom stereocenters. The molecule has 2 rings (SSSR count). The van der Waals surface area contributed by atoms with Gasteiger partial charge in [-0.15, -0.1) is 0 Å². The molecule has 0 aromatic heterocycles. The first-order valence-corrected chi connectivity index (χ1v) is 9.56. The van der Waals surface area contributed by atoms with Gasteiger partial charge in [0.15, 0.2) is 0 Å². The first kappa shape index (κ1) is 17.2. The number of benzene rings is 1. The number of carbonyl (C=O) groups is 1. The molecule has 5 nitrogen and oxygen atoms in total. The molecule has 0 heterocycles. The van der Waals surface area contributed by atoms with Crippen molar-refractivity contribution < 1.29 is 13.2 Å². The van der Waals surface area contributed by atoms with E-state index in [1.165, 1.54) is 10.6 Å². The fourth-order valence-electron chi connectivity index (χ4n) is 2.27. The molecule has 0 bridgehead atoms. The van der Waals surface area contributed by atoms with Gasteiger partial charge in [-0.05, 0) is 30.5 Å². The summed E-state index contributed by atoms with van der Waals surface area (Å²) in [6, 6.07) is 7.06. The van der Waals surface area contributed by atoms with Crippen molar-refractivity contribution in [2.75, 3.05) is 19.3 Å². The number of carbonyl (C=O) groups excluding carboxylic acids is 1. The number of hydrogen-bond donors (Lipinski definition) is 1.